The molecule has 1 aliphatic carbocycles. The Morgan fingerprint density at radius 1 is 1.37 bits per heavy atom. The van der Waals surface area contributed by atoms with Crippen LogP contribution in [0.2, 0.25) is 0 Å². The summed E-state index contributed by atoms with van der Waals surface area (Å²) in [4.78, 5) is 12.0. The van der Waals surface area contributed by atoms with Gasteiger partial charge in [0.25, 0.3) is 5.91 Å². The molecule has 0 aromatic heterocycles. The SMILES string of the molecule is CC1CCCC(CCNC(=O)c2ccccc2N)C1. The van der Waals surface area contributed by atoms with Gasteiger partial charge >= 0.3 is 0 Å². The molecular formula is C16H24N2O. The maximum Gasteiger partial charge on any atom is 0.253 e. The molecule has 19 heavy (non-hydrogen) atoms. The Labute approximate surface area is 115 Å². The Balaban J connectivity index is 1.76. The lowest BCUT2D eigenvalue weighted by Gasteiger charge is -2.26. The van der Waals surface area contributed by atoms with Crippen LogP contribution >= 0.6 is 0 Å². The van der Waals surface area contributed by atoms with Crippen molar-refractivity contribution in [3.05, 3.63) is 29.8 Å². The molecule has 0 aliphatic heterocycles. The molecule has 0 spiro atoms. The van der Waals surface area contributed by atoms with Crippen molar-refractivity contribution in [1.29, 1.82) is 0 Å². The van der Waals surface area contributed by atoms with E-state index < -0.39 is 0 Å². The summed E-state index contributed by atoms with van der Waals surface area (Å²) in [6.07, 6.45) is 6.41. The topological polar surface area (TPSA) is 55.1 Å². The summed E-state index contributed by atoms with van der Waals surface area (Å²) in [5, 5.41) is 2.98. The molecular weight excluding hydrogens is 236 g/mol. The Morgan fingerprint density at radius 2 is 2.16 bits per heavy atom. The molecule has 0 bridgehead atoms. The van der Waals surface area contributed by atoms with Crippen molar-refractivity contribution in [2.24, 2.45) is 11.8 Å². The van der Waals surface area contributed by atoms with Gasteiger partial charge in [0, 0.05) is 12.2 Å². The second-order valence-electron chi connectivity index (χ2n) is 5.77. The van der Waals surface area contributed by atoms with Crippen molar-refractivity contribution < 1.29 is 4.79 Å². The molecule has 2 atom stereocenters. The summed E-state index contributed by atoms with van der Waals surface area (Å²) in [5.74, 6) is 1.57. The number of rotatable bonds is 4. The molecule has 1 amide bonds. The van der Waals surface area contributed by atoms with Crippen LogP contribution in [-0.4, -0.2) is 12.5 Å². The van der Waals surface area contributed by atoms with Crippen LogP contribution < -0.4 is 11.1 Å². The van der Waals surface area contributed by atoms with Gasteiger partial charge in [-0.25, -0.2) is 0 Å². The monoisotopic (exact) mass is 260 g/mol. The third kappa shape index (κ3) is 3.98. The van der Waals surface area contributed by atoms with Gasteiger partial charge in [0.15, 0.2) is 0 Å². The van der Waals surface area contributed by atoms with E-state index in [4.69, 9.17) is 5.73 Å². The molecule has 0 saturated heterocycles. The molecule has 2 rings (SSSR count). The summed E-state index contributed by atoms with van der Waals surface area (Å²) in [7, 11) is 0. The normalized spacial score (nSPS) is 23.0. The van der Waals surface area contributed by atoms with Gasteiger partial charge in [-0.15, -0.1) is 0 Å². The standard InChI is InChI=1S/C16H24N2O/c1-12-5-4-6-13(11-12)9-10-18-16(19)14-7-2-3-8-15(14)17/h2-3,7-8,12-13H,4-6,9-11,17H2,1H3,(H,18,19). The number of nitrogens with one attached hydrogen (secondary N) is 1. The highest BCUT2D eigenvalue weighted by atomic mass is 16.1. The van der Waals surface area contributed by atoms with Gasteiger partial charge in [0.2, 0.25) is 0 Å². The summed E-state index contributed by atoms with van der Waals surface area (Å²) >= 11 is 0. The number of hydrogen-bond donors (Lipinski definition) is 2. The number of carbonyl (C=O) groups is 1. The van der Waals surface area contributed by atoms with Crippen molar-refractivity contribution in [3.63, 3.8) is 0 Å². The zero-order valence-corrected chi connectivity index (χ0v) is 11.7. The van der Waals surface area contributed by atoms with Crippen molar-refractivity contribution in [3.8, 4) is 0 Å². The van der Waals surface area contributed by atoms with Crippen LogP contribution in [0.5, 0.6) is 0 Å². The summed E-state index contributed by atoms with van der Waals surface area (Å²) < 4.78 is 0. The first-order chi connectivity index (χ1) is 9.16. The number of nitrogens with two attached hydrogens (primary N) is 1. The molecule has 3 heteroatoms. The zero-order valence-electron chi connectivity index (χ0n) is 11.7. The molecule has 1 aliphatic rings. The van der Waals surface area contributed by atoms with E-state index in [0.29, 0.717) is 11.3 Å². The van der Waals surface area contributed by atoms with Gasteiger partial charge in [-0.05, 0) is 36.8 Å². The summed E-state index contributed by atoms with van der Waals surface area (Å²) in [6.45, 7) is 3.08. The molecule has 0 radical (unpaired) electrons. The van der Waals surface area contributed by atoms with Crippen LogP contribution in [-0.2, 0) is 0 Å². The van der Waals surface area contributed by atoms with Gasteiger partial charge < -0.3 is 11.1 Å². The van der Waals surface area contributed by atoms with Crippen LogP contribution in [0.1, 0.15) is 49.4 Å². The second-order valence-corrected chi connectivity index (χ2v) is 5.77. The number of amides is 1. The molecule has 3 N–H and O–H groups in total. The van der Waals surface area contributed by atoms with Gasteiger partial charge in [-0.2, -0.15) is 0 Å². The summed E-state index contributed by atoms with van der Waals surface area (Å²) in [5.41, 5.74) is 6.92. The first-order valence-electron chi connectivity index (χ1n) is 7.29. The van der Waals surface area contributed by atoms with Gasteiger partial charge in [0.05, 0.1) is 5.56 Å². The average Bonchev–Trinajstić information content (AvgIpc) is 2.39. The van der Waals surface area contributed by atoms with Crippen LogP contribution in [0.4, 0.5) is 5.69 Å². The van der Waals surface area contributed by atoms with Gasteiger partial charge in [-0.3, -0.25) is 4.79 Å². The Morgan fingerprint density at radius 3 is 2.89 bits per heavy atom. The van der Waals surface area contributed by atoms with E-state index >= 15 is 0 Å². The lowest BCUT2D eigenvalue weighted by Crippen LogP contribution is -2.27. The molecule has 1 aromatic carbocycles. The van der Waals surface area contributed by atoms with E-state index in [1.807, 2.05) is 12.1 Å². The van der Waals surface area contributed by atoms with Gasteiger partial charge in [0.1, 0.15) is 0 Å². The fourth-order valence-corrected chi connectivity index (χ4v) is 3.01. The number of carbonyl (C=O) groups excluding carboxylic acids is 1. The number of anilines is 1. The van der Waals surface area contributed by atoms with Crippen molar-refractivity contribution in [2.75, 3.05) is 12.3 Å². The molecule has 1 fully saturated rings. The number of hydrogen-bond acceptors (Lipinski definition) is 2. The Bertz CT molecular complexity index is 431. The fourth-order valence-electron chi connectivity index (χ4n) is 3.01. The molecule has 1 aromatic rings. The van der Waals surface area contributed by atoms with Crippen molar-refractivity contribution in [2.45, 2.75) is 39.0 Å². The van der Waals surface area contributed by atoms with E-state index in [9.17, 15) is 4.79 Å². The van der Waals surface area contributed by atoms with Crippen LogP contribution in [0.25, 0.3) is 0 Å². The lowest BCUT2D eigenvalue weighted by molar-refractivity contribution is 0.0950. The number of benzene rings is 1. The molecule has 2 unspecified atom stereocenters. The number of nitrogen functional groups attached to an aromatic ring is 1. The van der Waals surface area contributed by atoms with Gasteiger partial charge in [-0.1, -0.05) is 38.3 Å². The van der Waals surface area contributed by atoms with E-state index in [0.717, 1.165) is 24.8 Å². The molecule has 1 saturated carbocycles. The smallest absolute Gasteiger partial charge is 0.253 e. The minimum Gasteiger partial charge on any atom is -0.398 e. The minimum atomic E-state index is -0.0537. The van der Waals surface area contributed by atoms with Crippen molar-refractivity contribution in [1.82, 2.24) is 5.32 Å². The zero-order chi connectivity index (χ0) is 13.7. The third-order valence-electron chi connectivity index (χ3n) is 4.09. The predicted octanol–water partition coefficient (Wildman–Crippen LogP) is 3.22. The summed E-state index contributed by atoms with van der Waals surface area (Å²) in [6, 6.07) is 7.22. The van der Waals surface area contributed by atoms with Crippen LogP contribution in [0, 0.1) is 11.8 Å². The third-order valence-corrected chi connectivity index (χ3v) is 4.09. The predicted molar refractivity (Wildman–Crippen MR) is 78.9 cm³/mol. The minimum absolute atomic E-state index is 0.0537. The Kier molecular flexibility index (Phi) is 4.83. The first kappa shape index (κ1) is 13.9. The highest BCUT2D eigenvalue weighted by Crippen LogP contribution is 2.30. The quantitative estimate of drug-likeness (QED) is 0.817. The van der Waals surface area contributed by atoms with Crippen LogP contribution in [0.3, 0.4) is 0 Å². The van der Waals surface area contributed by atoms with E-state index in [2.05, 4.69) is 12.2 Å². The average molecular weight is 260 g/mol. The maximum atomic E-state index is 12.0. The van der Waals surface area contributed by atoms with Crippen molar-refractivity contribution >= 4 is 11.6 Å². The highest BCUT2D eigenvalue weighted by Gasteiger charge is 2.18. The maximum absolute atomic E-state index is 12.0. The molecule has 104 valence electrons. The van der Waals surface area contributed by atoms with E-state index in [1.165, 1.54) is 25.7 Å². The Hall–Kier alpha value is -1.51. The molecule has 0 heterocycles. The largest absolute Gasteiger partial charge is 0.398 e. The first-order valence-corrected chi connectivity index (χ1v) is 7.29. The van der Waals surface area contributed by atoms with Crippen LogP contribution in [0.15, 0.2) is 24.3 Å². The fraction of sp³-hybridized carbons (Fsp3) is 0.562. The number of para-hydroxylation sites is 1. The van der Waals surface area contributed by atoms with E-state index in [1.54, 1.807) is 12.1 Å². The highest BCUT2D eigenvalue weighted by molar-refractivity contribution is 5.98. The van der Waals surface area contributed by atoms with E-state index in [-0.39, 0.29) is 5.91 Å². The lowest BCUT2D eigenvalue weighted by atomic mass is 9.81. The second kappa shape index (κ2) is 6.60. The molecule has 3 nitrogen and oxygen atoms in total.